The first kappa shape index (κ1) is 17.2. The molecule has 3 aromatic heterocycles. The zero-order valence-electron chi connectivity index (χ0n) is 15.2. The van der Waals surface area contributed by atoms with Gasteiger partial charge in [-0.2, -0.15) is 0 Å². The number of hydrogen-bond acceptors (Lipinski definition) is 7. The topological polar surface area (TPSA) is 73.8 Å². The van der Waals surface area contributed by atoms with Crippen LogP contribution in [0.15, 0.2) is 38.3 Å². The first-order chi connectivity index (χ1) is 13.5. The van der Waals surface area contributed by atoms with Gasteiger partial charge in [-0.3, -0.25) is 4.79 Å². The monoisotopic (exact) mass is 410 g/mol. The number of methoxy groups -OCH3 is 1. The van der Waals surface area contributed by atoms with Gasteiger partial charge in [0.25, 0.3) is 5.56 Å². The van der Waals surface area contributed by atoms with Gasteiger partial charge >= 0.3 is 4.94 Å². The fourth-order valence-electron chi connectivity index (χ4n) is 3.32. The fraction of sp³-hybridized carbons (Fsp3) is 0.150. The van der Waals surface area contributed by atoms with E-state index in [-0.39, 0.29) is 10.5 Å². The number of fused-ring (bicyclic) bond motifs is 4. The Morgan fingerprint density at radius 3 is 2.79 bits per heavy atom. The Kier molecular flexibility index (Phi) is 3.68. The molecule has 140 valence electrons. The van der Waals surface area contributed by atoms with Crippen molar-refractivity contribution in [2.45, 2.75) is 13.8 Å². The Morgan fingerprint density at radius 1 is 1.18 bits per heavy atom. The summed E-state index contributed by atoms with van der Waals surface area (Å²) in [5, 5.41) is 0. The molecule has 0 radical (unpaired) electrons. The summed E-state index contributed by atoms with van der Waals surface area (Å²) in [5.74, 6) is 0.465. The number of imidazole rings is 1. The molecule has 28 heavy (non-hydrogen) atoms. The van der Waals surface area contributed by atoms with Crippen molar-refractivity contribution in [3.05, 3.63) is 65.6 Å². The number of aryl methyl sites for hydroxylation is 2. The molecule has 6 nitrogen and oxygen atoms in total. The van der Waals surface area contributed by atoms with Gasteiger partial charge in [0.15, 0.2) is 16.3 Å². The molecule has 8 heteroatoms. The van der Waals surface area contributed by atoms with Crippen molar-refractivity contribution in [1.82, 2.24) is 9.38 Å². The molecule has 0 aliphatic rings. The second kappa shape index (κ2) is 6.02. The Hall–Kier alpha value is -2.97. The van der Waals surface area contributed by atoms with Crippen LogP contribution in [0.1, 0.15) is 16.7 Å². The Labute approximate surface area is 165 Å². The summed E-state index contributed by atoms with van der Waals surface area (Å²) in [7, 11) is 1.52. The minimum absolute atomic E-state index is 0.106. The van der Waals surface area contributed by atoms with Gasteiger partial charge in [-0.1, -0.05) is 28.7 Å². The normalized spacial score (nSPS) is 12.6. The van der Waals surface area contributed by atoms with Crippen molar-refractivity contribution in [3.8, 4) is 5.75 Å². The van der Waals surface area contributed by atoms with E-state index in [1.54, 1.807) is 16.5 Å². The molecule has 0 aliphatic carbocycles. The van der Waals surface area contributed by atoms with Crippen LogP contribution < -0.4 is 19.8 Å². The van der Waals surface area contributed by atoms with Gasteiger partial charge in [0.1, 0.15) is 0 Å². The second-order valence-electron chi connectivity index (χ2n) is 6.53. The maximum absolute atomic E-state index is 13.0. The van der Waals surface area contributed by atoms with E-state index >= 15 is 0 Å². The molecular formula is C20H14N2O4S2. The summed E-state index contributed by atoms with van der Waals surface area (Å²) in [4.78, 5) is 29.5. The molecule has 0 spiro atoms. The van der Waals surface area contributed by atoms with E-state index in [1.165, 1.54) is 18.4 Å². The van der Waals surface area contributed by atoms with E-state index in [0.717, 1.165) is 39.1 Å². The Morgan fingerprint density at radius 2 is 2.00 bits per heavy atom. The SMILES string of the molecule is COc1cc(C=c2sc3nc4c(C)c(C)ccc4n3c2=O)cc2sc(=O)oc12. The number of aromatic nitrogens is 2. The molecule has 0 N–H and O–H groups in total. The lowest BCUT2D eigenvalue weighted by atomic mass is 10.1. The third-order valence-electron chi connectivity index (χ3n) is 4.87. The predicted molar refractivity (Wildman–Crippen MR) is 112 cm³/mol. The molecule has 0 fully saturated rings. The van der Waals surface area contributed by atoms with Gasteiger partial charge in [0.05, 0.1) is 27.4 Å². The van der Waals surface area contributed by atoms with Crippen molar-refractivity contribution < 1.29 is 9.15 Å². The maximum atomic E-state index is 13.0. The quantitative estimate of drug-likeness (QED) is 0.447. The number of rotatable bonds is 2. The molecular weight excluding hydrogens is 396 g/mol. The van der Waals surface area contributed by atoms with Crippen molar-refractivity contribution >= 4 is 55.0 Å². The number of nitrogens with zero attached hydrogens (tertiary/aromatic N) is 2. The lowest BCUT2D eigenvalue weighted by molar-refractivity contribution is 0.408. The van der Waals surface area contributed by atoms with Gasteiger partial charge in [0, 0.05) is 0 Å². The van der Waals surface area contributed by atoms with E-state index in [9.17, 15) is 9.59 Å². The van der Waals surface area contributed by atoms with Gasteiger partial charge in [-0.15, -0.1) is 0 Å². The summed E-state index contributed by atoms with van der Waals surface area (Å²) in [6, 6.07) is 7.52. The molecule has 0 saturated carbocycles. The zero-order chi connectivity index (χ0) is 19.6. The predicted octanol–water partition coefficient (Wildman–Crippen LogP) is 3.25. The highest BCUT2D eigenvalue weighted by Gasteiger charge is 2.14. The first-order valence-corrected chi connectivity index (χ1v) is 10.1. The number of ether oxygens (including phenoxy) is 1. The molecule has 0 amide bonds. The Balaban J connectivity index is 1.77. The van der Waals surface area contributed by atoms with Crippen LogP contribution in [0.25, 0.3) is 32.4 Å². The number of benzene rings is 2. The van der Waals surface area contributed by atoms with Crippen LogP contribution in [0.5, 0.6) is 5.75 Å². The van der Waals surface area contributed by atoms with Crippen molar-refractivity contribution in [2.24, 2.45) is 0 Å². The van der Waals surface area contributed by atoms with Crippen molar-refractivity contribution in [1.29, 1.82) is 0 Å². The molecule has 2 aromatic carbocycles. The molecule has 5 rings (SSSR count). The van der Waals surface area contributed by atoms with Crippen LogP contribution in [-0.4, -0.2) is 16.5 Å². The molecule has 0 unspecified atom stereocenters. The highest BCUT2D eigenvalue weighted by atomic mass is 32.1. The Bertz CT molecular complexity index is 1570. The van der Waals surface area contributed by atoms with Gasteiger partial charge in [-0.05, 0) is 54.8 Å². The molecule has 0 aliphatic heterocycles. The lowest BCUT2D eigenvalue weighted by Crippen LogP contribution is -2.22. The van der Waals surface area contributed by atoms with E-state index in [4.69, 9.17) is 9.15 Å². The zero-order valence-corrected chi connectivity index (χ0v) is 16.9. The van der Waals surface area contributed by atoms with Crippen molar-refractivity contribution in [3.63, 3.8) is 0 Å². The van der Waals surface area contributed by atoms with Gasteiger partial charge in [0.2, 0.25) is 0 Å². The fourth-order valence-corrected chi connectivity index (χ4v) is 5.03. The van der Waals surface area contributed by atoms with Gasteiger partial charge in [-0.25, -0.2) is 14.2 Å². The largest absolute Gasteiger partial charge is 0.493 e. The highest BCUT2D eigenvalue weighted by Crippen LogP contribution is 2.29. The summed E-state index contributed by atoms with van der Waals surface area (Å²) >= 11 is 2.35. The number of hydrogen-bond donors (Lipinski definition) is 0. The molecule has 0 bridgehead atoms. The summed E-state index contributed by atoms with van der Waals surface area (Å²) in [6.45, 7) is 4.05. The minimum atomic E-state index is -0.387. The maximum Gasteiger partial charge on any atom is 0.396 e. The van der Waals surface area contributed by atoms with E-state index in [1.807, 2.05) is 32.0 Å². The van der Waals surface area contributed by atoms with Crippen LogP contribution in [0.3, 0.4) is 0 Å². The number of thiazole rings is 1. The van der Waals surface area contributed by atoms with Crippen LogP contribution in [0, 0.1) is 13.8 Å². The van der Waals surface area contributed by atoms with Crippen LogP contribution in [-0.2, 0) is 0 Å². The summed E-state index contributed by atoms with van der Waals surface area (Å²) in [5.41, 5.74) is 5.00. The third kappa shape index (κ3) is 2.42. The van der Waals surface area contributed by atoms with E-state index in [2.05, 4.69) is 4.98 Å². The van der Waals surface area contributed by atoms with Gasteiger partial charge < -0.3 is 9.15 Å². The van der Waals surface area contributed by atoms with Crippen molar-refractivity contribution in [2.75, 3.05) is 7.11 Å². The average Bonchev–Trinajstić information content (AvgIpc) is 3.30. The average molecular weight is 410 g/mol. The molecule has 0 atom stereocenters. The minimum Gasteiger partial charge on any atom is -0.493 e. The molecule has 3 heterocycles. The smallest absolute Gasteiger partial charge is 0.396 e. The van der Waals surface area contributed by atoms with E-state index in [0.29, 0.717) is 25.5 Å². The first-order valence-electron chi connectivity index (χ1n) is 8.51. The lowest BCUT2D eigenvalue weighted by Gasteiger charge is -2.01. The second-order valence-corrected chi connectivity index (χ2v) is 8.51. The van der Waals surface area contributed by atoms with Crippen LogP contribution in [0.4, 0.5) is 0 Å². The molecule has 5 aromatic rings. The summed E-state index contributed by atoms with van der Waals surface area (Å²) in [6.07, 6.45) is 1.79. The van der Waals surface area contributed by atoms with Crippen LogP contribution >= 0.6 is 22.7 Å². The third-order valence-corrected chi connectivity index (χ3v) is 6.62. The van der Waals surface area contributed by atoms with Crippen LogP contribution in [0.2, 0.25) is 0 Å². The standard InChI is InChI=1S/C20H14N2O4S2/c1-9-4-5-12-16(10(9)2)21-19-22(12)18(23)15(27-19)8-11-6-13(25-3)17-14(7-11)28-20(24)26-17/h4-8H,1-3H3. The molecule has 0 saturated heterocycles. The van der Waals surface area contributed by atoms with E-state index < -0.39 is 0 Å². The summed E-state index contributed by atoms with van der Waals surface area (Å²) < 4.78 is 13.4. The highest BCUT2D eigenvalue weighted by molar-refractivity contribution is 7.16.